The van der Waals surface area contributed by atoms with Crippen molar-refractivity contribution in [1.82, 2.24) is 14.5 Å². The lowest BCUT2D eigenvalue weighted by Gasteiger charge is -2.10. The molecule has 0 radical (unpaired) electrons. The Morgan fingerprint density at radius 1 is 1.04 bits per heavy atom. The molecule has 0 saturated heterocycles. The van der Waals surface area contributed by atoms with Gasteiger partial charge in [0.1, 0.15) is 6.54 Å². The summed E-state index contributed by atoms with van der Waals surface area (Å²) in [5.41, 5.74) is 1.06. The van der Waals surface area contributed by atoms with Crippen LogP contribution in [-0.4, -0.2) is 15.0 Å². The highest BCUT2D eigenvalue weighted by atomic mass is 35.5. The lowest BCUT2D eigenvalue weighted by Crippen LogP contribution is -2.42. The van der Waals surface area contributed by atoms with Crippen molar-refractivity contribution in [2.45, 2.75) is 20.0 Å². The summed E-state index contributed by atoms with van der Waals surface area (Å²) in [6.07, 6.45) is 2.86. The Morgan fingerprint density at radius 2 is 1.78 bits per heavy atom. The van der Waals surface area contributed by atoms with E-state index in [1.165, 1.54) is 17.0 Å². The Hall–Kier alpha value is -3.12. The number of nitrogens with one attached hydrogen (secondary N) is 1. The number of aryl methyl sites for hydroxylation is 1. The van der Waals surface area contributed by atoms with Crippen molar-refractivity contribution in [3.63, 3.8) is 0 Å². The molecule has 138 valence electrons. The van der Waals surface area contributed by atoms with E-state index in [2.05, 4.69) is 5.32 Å². The summed E-state index contributed by atoms with van der Waals surface area (Å²) in [5, 5.41) is 3.20. The largest absolute Gasteiger partial charge is 0.350 e. The molecule has 0 atom stereocenters. The second kappa shape index (κ2) is 8.05. The van der Waals surface area contributed by atoms with E-state index in [1.807, 2.05) is 31.2 Å². The third-order valence-corrected chi connectivity index (χ3v) is 4.30. The monoisotopic (exact) mass is 383 g/mol. The first-order valence-electron chi connectivity index (χ1n) is 8.34. The van der Waals surface area contributed by atoms with Crippen molar-refractivity contribution >= 4 is 17.5 Å². The zero-order valence-electron chi connectivity index (χ0n) is 14.7. The van der Waals surface area contributed by atoms with Gasteiger partial charge in [0.15, 0.2) is 0 Å². The topological polar surface area (TPSA) is 73.1 Å². The molecule has 27 heavy (non-hydrogen) atoms. The average molecular weight is 384 g/mol. The fourth-order valence-corrected chi connectivity index (χ4v) is 2.76. The van der Waals surface area contributed by atoms with Crippen LogP contribution in [0.1, 0.15) is 11.1 Å². The number of hydrogen-bond acceptors (Lipinski definition) is 3. The number of halogens is 1. The quantitative estimate of drug-likeness (QED) is 0.687. The standard InChI is InChI=1S/C20H18ClN3O3/c1-14-5-7-15(8-6-14)12-22-18(25)13-23-9-10-24(20(27)19(23)26)17-4-2-3-16(21)11-17/h2-11H,12-13H2,1H3,(H,22,25). The molecule has 0 saturated carbocycles. The van der Waals surface area contributed by atoms with Crippen molar-refractivity contribution in [3.05, 3.63) is 97.8 Å². The van der Waals surface area contributed by atoms with E-state index in [-0.39, 0.29) is 12.5 Å². The number of amides is 1. The highest BCUT2D eigenvalue weighted by Gasteiger charge is 2.10. The molecule has 0 bridgehead atoms. The van der Waals surface area contributed by atoms with Gasteiger partial charge < -0.3 is 5.32 Å². The van der Waals surface area contributed by atoms with Crippen LogP contribution < -0.4 is 16.4 Å². The first kappa shape index (κ1) is 18.7. The van der Waals surface area contributed by atoms with Gasteiger partial charge in [-0.1, -0.05) is 47.5 Å². The van der Waals surface area contributed by atoms with Crippen LogP contribution in [0.25, 0.3) is 5.69 Å². The first-order valence-corrected chi connectivity index (χ1v) is 8.72. The van der Waals surface area contributed by atoms with Gasteiger partial charge in [0, 0.05) is 24.0 Å². The lowest BCUT2D eigenvalue weighted by molar-refractivity contribution is -0.121. The predicted octanol–water partition coefficient (Wildman–Crippen LogP) is 2.28. The molecule has 1 amide bonds. The first-order chi connectivity index (χ1) is 12.9. The second-order valence-corrected chi connectivity index (χ2v) is 6.58. The lowest BCUT2D eigenvalue weighted by atomic mass is 10.1. The molecule has 3 rings (SSSR count). The van der Waals surface area contributed by atoms with E-state index < -0.39 is 11.1 Å². The van der Waals surface area contributed by atoms with E-state index in [0.717, 1.165) is 15.7 Å². The van der Waals surface area contributed by atoms with Crippen LogP contribution in [0.3, 0.4) is 0 Å². The summed E-state index contributed by atoms with van der Waals surface area (Å²) in [6, 6.07) is 14.4. The van der Waals surface area contributed by atoms with Gasteiger partial charge in [-0.3, -0.25) is 23.5 Å². The zero-order chi connectivity index (χ0) is 19.4. The SMILES string of the molecule is Cc1ccc(CNC(=O)Cn2ccn(-c3cccc(Cl)c3)c(=O)c2=O)cc1. The maximum atomic E-state index is 12.3. The van der Waals surface area contributed by atoms with Gasteiger partial charge in [0.05, 0.1) is 5.69 Å². The fraction of sp³-hybridized carbons (Fsp3) is 0.150. The summed E-state index contributed by atoms with van der Waals surface area (Å²) < 4.78 is 2.29. The van der Waals surface area contributed by atoms with E-state index >= 15 is 0 Å². The van der Waals surface area contributed by atoms with Crippen LogP contribution in [0.5, 0.6) is 0 Å². The molecular weight excluding hydrogens is 366 g/mol. The predicted molar refractivity (Wildman–Crippen MR) is 104 cm³/mol. The molecule has 0 aliphatic heterocycles. The molecule has 1 aromatic heterocycles. The Kier molecular flexibility index (Phi) is 5.57. The van der Waals surface area contributed by atoms with Gasteiger partial charge >= 0.3 is 11.1 Å². The van der Waals surface area contributed by atoms with Gasteiger partial charge in [-0.2, -0.15) is 0 Å². The molecular formula is C20H18ClN3O3. The maximum Gasteiger partial charge on any atom is 0.320 e. The van der Waals surface area contributed by atoms with Gasteiger partial charge in [-0.05, 0) is 30.7 Å². The number of rotatable bonds is 5. The molecule has 1 N–H and O–H groups in total. The van der Waals surface area contributed by atoms with Crippen LogP contribution in [0.4, 0.5) is 0 Å². The van der Waals surface area contributed by atoms with Crippen LogP contribution in [0, 0.1) is 6.92 Å². The minimum atomic E-state index is -0.775. The highest BCUT2D eigenvalue weighted by molar-refractivity contribution is 6.30. The Labute approximate surface area is 160 Å². The molecule has 7 heteroatoms. The number of nitrogens with zero attached hydrogens (tertiary/aromatic N) is 2. The molecule has 0 fully saturated rings. The van der Waals surface area contributed by atoms with Crippen LogP contribution in [0.15, 0.2) is 70.5 Å². The van der Waals surface area contributed by atoms with E-state index in [0.29, 0.717) is 17.3 Å². The van der Waals surface area contributed by atoms with Crippen LogP contribution >= 0.6 is 11.6 Å². The number of carbonyl (C=O) groups is 1. The minimum Gasteiger partial charge on any atom is -0.350 e. The third-order valence-electron chi connectivity index (χ3n) is 4.07. The summed E-state index contributed by atoms with van der Waals surface area (Å²) in [5.74, 6) is -0.349. The Bertz CT molecular complexity index is 1080. The number of aromatic nitrogens is 2. The van der Waals surface area contributed by atoms with Crippen molar-refractivity contribution in [2.75, 3.05) is 0 Å². The van der Waals surface area contributed by atoms with Gasteiger partial charge in [-0.15, -0.1) is 0 Å². The van der Waals surface area contributed by atoms with Crippen molar-refractivity contribution in [3.8, 4) is 5.69 Å². The Balaban J connectivity index is 1.73. The normalized spacial score (nSPS) is 10.6. The molecule has 2 aromatic carbocycles. The van der Waals surface area contributed by atoms with E-state index in [1.54, 1.807) is 24.3 Å². The summed E-state index contributed by atoms with van der Waals surface area (Å²) in [4.78, 5) is 36.8. The minimum absolute atomic E-state index is 0.226. The van der Waals surface area contributed by atoms with Crippen molar-refractivity contribution < 1.29 is 4.79 Å². The van der Waals surface area contributed by atoms with Crippen LogP contribution in [0.2, 0.25) is 5.02 Å². The number of hydrogen-bond donors (Lipinski definition) is 1. The fourth-order valence-electron chi connectivity index (χ4n) is 2.58. The molecule has 6 nitrogen and oxygen atoms in total. The second-order valence-electron chi connectivity index (χ2n) is 6.15. The summed E-state index contributed by atoms with van der Waals surface area (Å²) >= 11 is 5.93. The average Bonchev–Trinajstić information content (AvgIpc) is 2.65. The number of benzene rings is 2. The molecule has 0 aliphatic rings. The third kappa shape index (κ3) is 4.54. The molecule has 0 aliphatic carbocycles. The number of carbonyl (C=O) groups excluding carboxylic acids is 1. The van der Waals surface area contributed by atoms with Gasteiger partial charge in [-0.25, -0.2) is 0 Å². The smallest absolute Gasteiger partial charge is 0.320 e. The molecule has 0 unspecified atom stereocenters. The zero-order valence-corrected chi connectivity index (χ0v) is 15.4. The van der Waals surface area contributed by atoms with Gasteiger partial charge in [0.25, 0.3) is 0 Å². The van der Waals surface area contributed by atoms with Crippen molar-refractivity contribution in [2.24, 2.45) is 0 Å². The maximum absolute atomic E-state index is 12.3. The van der Waals surface area contributed by atoms with E-state index in [9.17, 15) is 14.4 Å². The van der Waals surface area contributed by atoms with E-state index in [4.69, 9.17) is 11.6 Å². The molecule has 3 aromatic rings. The highest BCUT2D eigenvalue weighted by Crippen LogP contribution is 2.12. The summed E-state index contributed by atoms with van der Waals surface area (Å²) in [7, 11) is 0. The summed E-state index contributed by atoms with van der Waals surface area (Å²) in [6.45, 7) is 2.12. The van der Waals surface area contributed by atoms with Gasteiger partial charge in [0.2, 0.25) is 5.91 Å². The molecule has 0 spiro atoms. The Morgan fingerprint density at radius 3 is 2.48 bits per heavy atom. The van der Waals surface area contributed by atoms with Crippen LogP contribution in [-0.2, 0) is 17.9 Å². The molecule has 1 heterocycles. The van der Waals surface area contributed by atoms with Crippen molar-refractivity contribution in [1.29, 1.82) is 0 Å².